The molecule has 1 aromatic carbocycles. The number of rotatable bonds is 4. The van der Waals surface area contributed by atoms with E-state index in [0.717, 1.165) is 16.0 Å². The maximum absolute atomic E-state index is 12.2. The third kappa shape index (κ3) is 3.61. The fraction of sp³-hybridized carbons (Fsp3) is 0. The summed E-state index contributed by atoms with van der Waals surface area (Å²) in [5.41, 5.74) is 10.8. The van der Waals surface area contributed by atoms with Crippen LogP contribution < -0.4 is 11.2 Å². The van der Waals surface area contributed by atoms with Crippen molar-refractivity contribution >= 4 is 28.5 Å². The van der Waals surface area contributed by atoms with Gasteiger partial charge in [-0.15, -0.1) is 11.3 Å². The van der Waals surface area contributed by atoms with Crippen molar-refractivity contribution in [2.24, 2.45) is 5.10 Å². The fourth-order valence-corrected chi connectivity index (χ4v) is 2.93. The highest BCUT2D eigenvalue weighted by molar-refractivity contribution is 7.19. The first-order valence-corrected chi connectivity index (χ1v) is 7.74. The summed E-state index contributed by atoms with van der Waals surface area (Å²) in [7, 11) is 0. The van der Waals surface area contributed by atoms with E-state index in [2.05, 4.69) is 15.5 Å². The maximum Gasteiger partial charge on any atom is 0.274 e. The van der Waals surface area contributed by atoms with E-state index in [1.165, 1.54) is 11.3 Å². The molecule has 3 rings (SSSR count). The molecule has 0 spiro atoms. The Kier molecular flexibility index (Phi) is 4.44. The average molecular weight is 322 g/mol. The number of nitrogens with one attached hydrogen (secondary N) is 1. The molecule has 23 heavy (non-hydrogen) atoms. The number of carbonyl (C=O) groups is 1. The van der Waals surface area contributed by atoms with E-state index < -0.39 is 0 Å². The molecule has 0 saturated heterocycles. The summed E-state index contributed by atoms with van der Waals surface area (Å²) in [6, 6.07) is 15.2. The Hall–Kier alpha value is -2.99. The van der Waals surface area contributed by atoms with E-state index in [-0.39, 0.29) is 5.91 Å². The first-order chi connectivity index (χ1) is 11.2. The number of benzene rings is 1. The van der Waals surface area contributed by atoms with E-state index in [4.69, 9.17) is 5.73 Å². The molecule has 1 amide bonds. The molecule has 0 aliphatic carbocycles. The highest BCUT2D eigenvalue weighted by Gasteiger charge is 2.14. The Labute approximate surface area is 137 Å². The number of carbonyl (C=O) groups excluding carboxylic acids is 1. The van der Waals surface area contributed by atoms with Crippen molar-refractivity contribution in [2.75, 3.05) is 5.73 Å². The summed E-state index contributed by atoms with van der Waals surface area (Å²) in [4.78, 5) is 17.1. The Morgan fingerprint density at radius 1 is 1.17 bits per heavy atom. The minimum atomic E-state index is -0.328. The van der Waals surface area contributed by atoms with Crippen LogP contribution in [0.2, 0.25) is 0 Å². The second kappa shape index (κ2) is 6.85. The van der Waals surface area contributed by atoms with Gasteiger partial charge >= 0.3 is 0 Å². The van der Waals surface area contributed by atoms with Crippen LogP contribution in [0.4, 0.5) is 5.00 Å². The van der Waals surface area contributed by atoms with Crippen molar-refractivity contribution in [2.45, 2.75) is 0 Å². The summed E-state index contributed by atoms with van der Waals surface area (Å²) >= 11 is 1.38. The Morgan fingerprint density at radius 3 is 2.65 bits per heavy atom. The lowest BCUT2D eigenvalue weighted by Gasteiger charge is -1.98. The molecule has 2 heterocycles. The summed E-state index contributed by atoms with van der Waals surface area (Å²) in [6.45, 7) is 0. The van der Waals surface area contributed by atoms with E-state index in [1.807, 2.05) is 30.3 Å². The van der Waals surface area contributed by atoms with E-state index in [9.17, 15) is 4.79 Å². The van der Waals surface area contributed by atoms with Gasteiger partial charge in [-0.2, -0.15) is 5.10 Å². The highest BCUT2D eigenvalue weighted by Crippen LogP contribution is 2.33. The molecule has 0 aliphatic rings. The molecule has 0 fully saturated rings. The summed E-state index contributed by atoms with van der Waals surface area (Å²) in [6.07, 6.45) is 4.87. The number of aromatic nitrogens is 1. The lowest BCUT2D eigenvalue weighted by atomic mass is 10.1. The Bertz CT molecular complexity index is 828. The van der Waals surface area contributed by atoms with Crippen molar-refractivity contribution in [3.8, 4) is 10.4 Å². The lowest BCUT2D eigenvalue weighted by Crippen LogP contribution is -2.18. The highest BCUT2D eigenvalue weighted by atomic mass is 32.1. The van der Waals surface area contributed by atoms with Gasteiger partial charge in [0.2, 0.25) is 0 Å². The van der Waals surface area contributed by atoms with Gasteiger partial charge in [-0.05, 0) is 29.3 Å². The lowest BCUT2D eigenvalue weighted by molar-refractivity contribution is 0.0956. The zero-order valence-electron chi connectivity index (χ0n) is 12.1. The SMILES string of the molecule is Nc1sc(-c2ccccc2)cc1C(=O)N/N=C/c1ccncc1. The maximum atomic E-state index is 12.2. The molecule has 0 radical (unpaired) electrons. The molecule has 114 valence electrons. The molecule has 2 aromatic heterocycles. The van der Waals surface area contributed by atoms with Crippen LogP contribution >= 0.6 is 11.3 Å². The second-order valence-corrected chi connectivity index (χ2v) is 5.82. The number of thiophene rings is 1. The third-order valence-electron chi connectivity index (χ3n) is 3.15. The minimum absolute atomic E-state index is 0.328. The van der Waals surface area contributed by atoms with Gasteiger partial charge < -0.3 is 5.73 Å². The predicted octanol–water partition coefficient (Wildman–Crippen LogP) is 3.16. The number of nitrogen functional groups attached to an aromatic ring is 1. The van der Waals surface area contributed by atoms with Crippen LogP contribution in [-0.4, -0.2) is 17.1 Å². The van der Waals surface area contributed by atoms with E-state index >= 15 is 0 Å². The number of hydrazone groups is 1. The molecule has 6 heteroatoms. The molecular weight excluding hydrogens is 308 g/mol. The van der Waals surface area contributed by atoms with Gasteiger partial charge in [0, 0.05) is 17.3 Å². The van der Waals surface area contributed by atoms with Crippen LogP contribution in [0.1, 0.15) is 15.9 Å². The minimum Gasteiger partial charge on any atom is -0.390 e. The van der Waals surface area contributed by atoms with Crippen molar-refractivity contribution in [1.82, 2.24) is 10.4 Å². The van der Waals surface area contributed by atoms with Gasteiger partial charge in [-0.25, -0.2) is 5.43 Å². The monoisotopic (exact) mass is 322 g/mol. The zero-order chi connectivity index (χ0) is 16.1. The largest absolute Gasteiger partial charge is 0.390 e. The molecule has 3 N–H and O–H groups in total. The normalized spacial score (nSPS) is 10.8. The van der Waals surface area contributed by atoms with E-state index in [0.29, 0.717) is 10.6 Å². The molecule has 0 atom stereocenters. The van der Waals surface area contributed by atoms with Crippen LogP contribution in [-0.2, 0) is 0 Å². The Morgan fingerprint density at radius 2 is 1.91 bits per heavy atom. The van der Waals surface area contributed by atoms with Gasteiger partial charge in [0.1, 0.15) is 0 Å². The third-order valence-corrected chi connectivity index (χ3v) is 4.16. The summed E-state index contributed by atoms with van der Waals surface area (Å²) < 4.78 is 0. The topological polar surface area (TPSA) is 80.4 Å². The smallest absolute Gasteiger partial charge is 0.274 e. The Balaban J connectivity index is 1.73. The van der Waals surface area contributed by atoms with Crippen molar-refractivity contribution in [1.29, 1.82) is 0 Å². The van der Waals surface area contributed by atoms with Crippen LogP contribution in [0.25, 0.3) is 10.4 Å². The van der Waals surface area contributed by atoms with Crippen LogP contribution in [0.15, 0.2) is 66.0 Å². The average Bonchev–Trinajstić information content (AvgIpc) is 2.98. The van der Waals surface area contributed by atoms with Crippen molar-refractivity contribution < 1.29 is 4.79 Å². The number of nitrogens with zero attached hydrogens (tertiary/aromatic N) is 2. The van der Waals surface area contributed by atoms with E-state index in [1.54, 1.807) is 36.8 Å². The molecule has 3 aromatic rings. The predicted molar refractivity (Wildman–Crippen MR) is 93.5 cm³/mol. The van der Waals surface area contributed by atoms with Crippen molar-refractivity contribution in [3.05, 3.63) is 72.1 Å². The summed E-state index contributed by atoms with van der Waals surface area (Å²) in [5.74, 6) is -0.328. The molecule has 0 bridgehead atoms. The standard InChI is InChI=1S/C17H14N4OS/c18-16-14(10-15(23-16)13-4-2-1-3-5-13)17(22)21-20-11-12-6-8-19-9-7-12/h1-11H,18H2,(H,21,22)/b20-11+. The molecule has 5 nitrogen and oxygen atoms in total. The molecule has 0 unspecified atom stereocenters. The second-order valence-electron chi connectivity index (χ2n) is 4.73. The first-order valence-electron chi connectivity index (χ1n) is 6.92. The van der Waals surface area contributed by atoms with Crippen LogP contribution in [0.5, 0.6) is 0 Å². The van der Waals surface area contributed by atoms with Gasteiger partial charge in [0.25, 0.3) is 5.91 Å². The number of amides is 1. The number of hydrogen-bond acceptors (Lipinski definition) is 5. The quantitative estimate of drug-likeness (QED) is 0.572. The molecule has 0 aliphatic heterocycles. The van der Waals surface area contributed by atoms with Crippen LogP contribution in [0, 0.1) is 0 Å². The van der Waals surface area contributed by atoms with Crippen LogP contribution in [0.3, 0.4) is 0 Å². The zero-order valence-corrected chi connectivity index (χ0v) is 13.0. The van der Waals surface area contributed by atoms with Gasteiger partial charge in [0.15, 0.2) is 0 Å². The number of hydrogen-bond donors (Lipinski definition) is 2. The van der Waals surface area contributed by atoms with Gasteiger partial charge in [0.05, 0.1) is 16.8 Å². The van der Waals surface area contributed by atoms with Gasteiger partial charge in [-0.3, -0.25) is 9.78 Å². The summed E-state index contributed by atoms with van der Waals surface area (Å²) in [5, 5.41) is 4.41. The van der Waals surface area contributed by atoms with Gasteiger partial charge in [-0.1, -0.05) is 30.3 Å². The number of nitrogens with two attached hydrogens (primary N) is 1. The number of pyridine rings is 1. The first kappa shape index (κ1) is 14.9. The fourth-order valence-electron chi connectivity index (χ4n) is 2.00. The molecular formula is C17H14N4OS. The molecule has 0 saturated carbocycles. The number of anilines is 1. The van der Waals surface area contributed by atoms with Crippen molar-refractivity contribution in [3.63, 3.8) is 0 Å².